The number of hydrogen-bond acceptors (Lipinski definition) is 3. The van der Waals surface area contributed by atoms with Gasteiger partial charge in [0.25, 0.3) is 0 Å². The highest BCUT2D eigenvalue weighted by molar-refractivity contribution is 5.77. The fourth-order valence-corrected chi connectivity index (χ4v) is 2.68. The maximum atomic E-state index is 5.90. The van der Waals surface area contributed by atoms with E-state index in [1.165, 1.54) is 11.1 Å². The third-order valence-electron chi connectivity index (χ3n) is 4.14. The van der Waals surface area contributed by atoms with E-state index in [2.05, 4.69) is 60.6 Å². The third-order valence-corrected chi connectivity index (χ3v) is 4.14. The summed E-state index contributed by atoms with van der Waals surface area (Å²) < 4.78 is 8.05. The Hall–Kier alpha value is -1.39. The highest BCUT2D eigenvalue weighted by atomic mass is 16.5. The average Bonchev–Trinajstić information content (AvgIpc) is 2.70. The van der Waals surface area contributed by atoms with E-state index in [4.69, 9.17) is 4.74 Å². The molecule has 2 heterocycles. The molecule has 20 heavy (non-hydrogen) atoms. The van der Waals surface area contributed by atoms with Gasteiger partial charge in [-0.1, -0.05) is 19.9 Å². The molecule has 0 radical (unpaired) electrons. The van der Waals surface area contributed by atoms with Crippen LogP contribution in [0.4, 0.5) is 0 Å². The lowest BCUT2D eigenvalue weighted by Gasteiger charge is -2.35. The number of nitrogens with zero attached hydrogens (tertiary/aromatic N) is 3. The highest BCUT2D eigenvalue weighted by Crippen LogP contribution is 2.22. The molecule has 1 saturated heterocycles. The number of likely N-dealkylation sites (N-methyl/N-ethyl adjacent to an activating group) is 1. The summed E-state index contributed by atoms with van der Waals surface area (Å²) in [7, 11) is 4.19. The topological polar surface area (TPSA) is 30.3 Å². The van der Waals surface area contributed by atoms with E-state index in [1.54, 1.807) is 0 Å². The van der Waals surface area contributed by atoms with Crippen LogP contribution in [0.15, 0.2) is 18.2 Å². The quantitative estimate of drug-likeness (QED) is 0.857. The number of imidazole rings is 1. The highest BCUT2D eigenvalue weighted by Gasteiger charge is 2.24. The molecule has 0 saturated carbocycles. The third kappa shape index (κ3) is 2.45. The van der Waals surface area contributed by atoms with Gasteiger partial charge in [0, 0.05) is 20.1 Å². The predicted molar refractivity (Wildman–Crippen MR) is 80.9 cm³/mol. The molecule has 108 valence electrons. The van der Waals surface area contributed by atoms with Crippen molar-refractivity contribution in [2.24, 2.45) is 7.05 Å². The van der Waals surface area contributed by atoms with Crippen molar-refractivity contribution < 1.29 is 4.74 Å². The zero-order chi connectivity index (χ0) is 14.3. The van der Waals surface area contributed by atoms with Crippen LogP contribution in [0.5, 0.6) is 0 Å². The summed E-state index contributed by atoms with van der Waals surface area (Å²) >= 11 is 0. The molecule has 2 aromatic rings. The Labute approximate surface area is 120 Å². The summed E-state index contributed by atoms with van der Waals surface area (Å²) in [4.78, 5) is 6.94. The van der Waals surface area contributed by atoms with Crippen LogP contribution < -0.4 is 0 Å². The number of aromatic nitrogens is 2. The second-order valence-electron chi connectivity index (χ2n) is 6.14. The largest absolute Gasteiger partial charge is 0.368 e. The van der Waals surface area contributed by atoms with E-state index in [1.807, 2.05) is 0 Å². The van der Waals surface area contributed by atoms with Gasteiger partial charge in [-0.2, -0.15) is 0 Å². The Bertz CT molecular complexity index is 611. The van der Waals surface area contributed by atoms with E-state index in [0.717, 1.165) is 24.4 Å². The molecule has 0 bridgehead atoms. The van der Waals surface area contributed by atoms with E-state index in [9.17, 15) is 0 Å². The Morgan fingerprint density at radius 2 is 2.05 bits per heavy atom. The number of rotatable bonds is 4. The molecule has 0 aliphatic carbocycles. The molecule has 0 amide bonds. The fourth-order valence-electron chi connectivity index (χ4n) is 2.68. The molecule has 0 atom stereocenters. The Morgan fingerprint density at radius 1 is 1.30 bits per heavy atom. The van der Waals surface area contributed by atoms with E-state index >= 15 is 0 Å². The number of benzene rings is 1. The summed E-state index contributed by atoms with van der Waals surface area (Å²) in [6.07, 6.45) is 0.367. The molecular formula is C16H23N3O. The minimum absolute atomic E-state index is 0.367. The van der Waals surface area contributed by atoms with Crippen LogP contribution >= 0.6 is 0 Å². The van der Waals surface area contributed by atoms with Gasteiger partial charge in [0.15, 0.2) is 0 Å². The number of ether oxygens (including phenoxy) is 1. The van der Waals surface area contributed by atoms with E-state index < -0.39 is 0 Å². The lowest BCUT2D eigenvalue weighted by atomic mass is 10.0. The van der Waals surface area contributed by atoms with Crippen molar-refractivity contribution in [3.8, 4) is 0 Å². The molecule has 1 aromatic heterocycles. The maximum absolute atomic E-state index is 5.90. The number of hydrogen-bond donors (Lipinski definition) is 0. The van der Waals surface area contributed by atoms with Crippen LogP contribution in [0.2, 0.25) is 0 Å². The Balaban J connectivity index is 1.79. The lowest BCUT2D eigenvalue weighted by molar-refractivity contribution is -0.0544. The van der Waals surface area contributed by atoms with Crippen LogP contribution in [0.1, 0.15) is 31.2 Å². The van der Waals surface area contributed by atoms with Crippen LogP contribution in [0, 0.1) is 0 Å². The molecule has 1 aromatic carbocycles. The molecule has 1 aliphatic heterocycles. The zero-order valence-corrected chi connectivity index (χ0v) is 12.8. The van der Waals surface area contributed by atoms with Crippen molar-refractivity contribution in [3.05, 3.63) is 29.6 Å². The number of aryl methyl sites for hydroxylation is 1. The van der Waals surface area contributed by atoms with Gasteiger partial charge >= 0.3 is 0 Å². The van der Waals surface area contributed by atoms with Crippen molar-refractivity contribution in [1.29, 1.82) is 0 Å². The summed E-state index contributed by atoms with van der Waals surface area (Å²) in [5.41, 5.74) is 3.61. The summed E-state index contributed by atoms with van der Waals surface area (Å²) in [6.45, 7) is 7.09. The van der Waals surface area contributed by atoms with Gasteiger partial charge in [-0.25, -0.2) is 4.98 Å². The van der Waals surface area contributed by atoms with Crippen LogP contribution in [-0.2, 0) is 18.4 Å². The van der Waals surface area contributed by atoms with E-state index in [-0.39, 0.29) is 0 Å². The minimum atomic E-state index is 0.367. The second kappa shape index (κ2) is 5.19. The maximum Gasteiger partial charge on any atom is 0.135 e. The monoisotopic (exact) mass is 273 g/mol. The smallest absolute Gasteiger partial charge is 0.135 e. The second-order valence-corrected chi connectivity index (χ2v) is 6.14. The molecule has 4 nitrogen and oxygen atoms in total. The van der Waals surface area contributed by atoms with Crippen LogP contribution in [-0.4, -0.2) is 40.7 Å². The first-order chi connectivity index (χ1) is 9.54. The standard InChI is InChI=1S/C16H23N3O/c1-11(2)12-5-6-14-15(7-12)19(4)16(17-14)10-20-13-8-18(3)9-13/h5-7,11,13H,8-10H2,1-4H3. The SMILES string of the molecule is CC(C)c1ccc2nc(COC3CN(C)C3)n(C)c2c1. The summed E-state index contributed by atoms with van der Waals surface area (Å²) in [6, 6.07) is 6.53. The van der Waals surface area contributed by atoms with Gasteiger partial charge in [-0.15, -0.1) is 0 Å². The molecule has 1 fully saturated rings. The van der Waals surface area contributed by atoms with Gasteiger partial charge in [0.05, 0.1) is 17.1 Å². The van der Waals surface area contributed by atoms with Gasteiger partial charge in [-0.3, -0.25) is 0 Å². The number of likely N-dealkylation sites (tertiary alicyclic amines) is 1. The molecular weight excluding hydrogens is 250 g/mol. The Kier molecular flexibility index (Phi) is 3.52. The van der Waals surface area contributed by atoms with E-state index in [0.29, 0.717) is 18.6 Å². The first-order valence-corrected chi connectivity index (χ1v) is 7.30. The summed E-state index contributed by atoms with van der Waals surface area (Å²) in [5.74, 6) is 1.55. The minimum Gasteiger partial charge on any atom is -0.368 e. The van der Waals surface area contributed by atoms with Gasteiger partial charge in [-0.05, 0) is 30.7 Å². The van der Waals surface area contributed by atoms with Gasteiger partial charge in [0.2, 0.25) is 0 Å². The predicted octanol–water partition coefficient (Wildman–Crippen LogP) is 2.53. The van der Waals surface area contributed by atoms with Gasteiger partial charge in [0.1, 0.15) is 12.4 Å². The Morgan fingerprint density at radius 3 is 2.70 bits per heavy atom. The molecule has 0 spiro atoms. The molecule has 3 rings (SSSR count). The average molecular weight is 273 g/mol. The molecule has 4 heteroatoms. The van der Waals surface area contributed by atoms with Crippen molar-refractivity contribution >= 4 is 11.0 Å². The normalized spacial score (nSPS) is 17.1. The van der Waals surface area contributed by atoms with Crippen molar-refractivity contribution in [3.63, 3.8) is 0 Å². The molecule has 1 aliphatic rings. The van der Waals surface area contributed by atoms with Gasteiger partial charge < -0.3 is 14.2 Å². The molecule has 0 unspecified atom stereocenters. The van der Waals surface area contributed by atoms with Crippen molar-refractivity contribution in [2.75, 3.05) is 20.1 Å². The zero-order valence-electron chi connectivity index (χ0n) is 12.8. The summed E-state index contributed by atoms with van der Waals surface area (Å²) in [5, 5.41) is 0. The van der Waals surface area contributed by atoms with Crippen LogP contribution in [0.3, 0.4) is 0 Å². The van der Waals surface area contributed by atoms with Crippen LogP contribution in [0.25, 0.3) is 11.0 Å². The first-order valence-electron chi connectivity index (χ1n) is 7.30. The lowest BCUT2D eigenvalue weighted by Crippen LogP contribution is -2.49. The number of fused-ring (bicyclic) bond motifs is 1. The van der Waals surface area contributed by atoms with Crippen molar-refractivity contribution in [2.45, 2.75) is 32.5 Å². The van der Waals surface area contributed by atoms with Crippen molar-refractivity contribution in [1.82, 2.24) is 14.5 Å². The molecule has 0 N–H and O–H groups in total. The fraction of sp³-hybridized carbons (Fsp3) is 0.562. The first kappa shape index (κ1) is 13.6.